The summed E-state index contributed by atoms with van der Waals surface area (Å²) in [5.41, 5.74) is 2.61. The number of nitrogens with zero attached hydrogens (tertiary/aromatic N) is 2. The Labute approximate surface area is 247 Å². The molecule has 0 heterocycles. The predicted molar refractivity (Wildman–Crippen MR) is 162 cm³/mol. The van der Waals surface area contributed by atoms with E-state index in [-0.39, 0.29) is 30.6 Å². The molecule has 3 aromatic rings. The second kappa shape index (κ2) is 14.0. The van der Waals surface area contributed by atoms with Crippen LogP contribution in [-0.2, 0) is 32.6 Å². The number of hydrogen-bond donors (Lipinski definition) is 1. The van der Waals surface area contributed by atoms with Gasteiger partial charge in [-0.15, -0.1) is 0 Å². The summed E-state index contributed by atoms with van der Waals surface area (Å²) in [5, 5.41) is 3.87. The van der Waals surface area contributed by atoms with Crippen molar-refractivity contribution in [3.63, 3.8) is 0 Å². The number of carbonyl (C=O) groups excluding carboxylic acids is 2. The molecule has 7 nitrogen and oxygen atoms in total. The molecular formula is C30H35Cl2N3O4S. The second-order valence-electron chi connectivity index (χ2n) is 9.88. The Morgan fingerprint density at radius 1 is 0.950 bits per heavy atom. The fraction of sp³-hybridized carbons (Fsp3) is 0.333. The lowest BCUT2D eigenvalue weighted by molar-refractivity contribution is -0.140. The van der Waals surface area contributed by atoms with Gasteiger partial charge < -0.3 is 10.2 Å². The van der Waals surface area contributed by atoms with Crippen molar-refractivity contribution in [1.29, 1.82) is 0 Å². The lowest BCUT2D eigenvalue weighted by Gasteiger charge is -2.34. The van der Waals surface area contributed by atoms with Crippen molar-refractivity contribution in [2.24, 2.45) is 0 Å². The number of halogens is 2. The molecule has 3 rings (SSSR count). The van der Waals surface area contributed by atoms with Crippen molar-refractivity contribution >= 4 is 50.7 Å². The third-order valence-corrected chi connectivity index (χ3v) is 8.42. The van der Waals surface area contributed by atoms with Crippen molar-refractivity contribution in [2.45, 2.75) is 52.2 Å². The van der Waals surface area contributed by atoms with E-state index in [1.807, 2.05) is 50.2 Å². The minimum absolute atomic E-state index is 0.0527. The van der Waals surface area contributed by atoms with E-state index < -0.39 is 28.5 Å². The number of rotatable bonds is 12. The number of nitrogens with one attached hydrogen (secondary N) is 1. The van der Waals surface area contributed by atoms with Crippen LogP contribution in [0.4, 0.5) is 5.69 Å². The average molecular weight is 605 g/mol. The molecule has 2 amide bonds. The van der Waals surface area contributed by atoms with Gasteiger partial charge in [0.15, 0.2) is 0 Å². The Balaban J connectivity index is 2.07. The van der Waals surface area contributed by atoms with E-state index in [1.165, 1.54) is 11.0 Å². The van der Waals surface area contributed by atoms with Crippen LogP contribution in [0.5, 0.6) is 0 Å². The van der Waals surface area contributed by atoms with Crippen LogP contribution in [0.15, 0.2) is 72.8 Å². The van der Waals surface area contributed by atoms with Gasteiger partial charge in [-0.2, -0.15) is 0 Å². The lowest BCUT2D eigenvalue weighted by atomic mass is 10.0. The Hall–Kier alpha value is -3.07. The van der Waals surface area contributed by atoms with Gasteiger partial charge in [0.25, 0.3) is 0 Å². The number of carbonyl (C=O) groups is 2. The Morgan fingerprint density at radius 2 is 1.62 bits per heavy atom. The van der Waals surface area contributed by atoms with E-state index in [0.29, 0.717) is 22.0 Å². The highest BCUT2D eigenvalue weighted by Crippen LogP contribution is 2.26. The number of aryl methyl sites for hydroxylation is 1. The maximum absolute atomic E-state index is 14.1. The summed E-state index contributed by atoms with van der Waals surface area (Å²) in [6.45, 7) is 5.20. The summed E-state index contributed by atoms with van der Waals surface area (Å²) < 4.78 is 26.8. The van der Waals surface area contributed by atoms with Crippen LogP contribution in [0.3, 0.4) is 0 Å². The molecule has 1 N–H and O–H groups in total. The maximum atomic E-state index is 14.1. The standard InChI is InChI=1S/C30H35Cl2N3O4S/c1-5-22(3)33-30(37)28(17-23-10-7-6-8-11-23)34(19-24-12-9-13-25(31)16-24)29(36)20-35(40(4,38)39)26-15-14-21(2)27(32)18-26/h6-16,18,22,28H,5,17,19-20H2,1-4H3,(H,33,37)/t22-,28+/m1/s1. The third kappa shape index (κ3) is 8.71. The molecule has 0 aliphatic rings. The number of hydrogen-bond acceptors (Lipinski definition) is 4. The van der Waals surface area contributed by atoms with Crippen LogP contribution < -0.4 is 9.62 Å². The van der Waals surface area contributed by atoms with Crippen molar-refractivity contribution < 1.29 is 18.0 Å². The van der Waals surface area contributed by atoms with Crippen LogP contribution in [-0.4, -0.2) is 50.0 Å². The van der Waals surface area contributed by atoms with E-state index in [9.17, 15) is 18.0 Å². The van der Waals surface area contributed by atoms with Crippen LogP contribution in [0.2, 0.25) is 10.0 Å². The minimum Gasteiger partial charge on any atom is -0.352 e. The summed E-state index contributed by atoms with van der Waals surface area (Å²) in [7, 11) is -3.88. The highest BCUT2D eigenvalue weighted by atomic mass is 35.5. The second-order valence-corrected chi connectivity index (χ2v) is 12.6. The van der Waals surface area contributed by atoms with Gasteiger partial charge in [0.2, 0.25) is 21.8 Å². The summed E-state index contributed by atoms with van der Waals surface area (Å²) in [6, 6.07) is 20.2. The molecule has 0 aliphatic carbocycles. The van der Waals surface area contributed by atoms with Gasteiger partial charge >= 0.3 is 0 Å². The van der Waals surface area contributed by atoms with Crippen LogP contribution >= 0.6 is 23.2 Å². The Morgan fingerprint density at radius 3 is 2.23 bits per heavy atom. The number of benzene rings is 3. The first-order chi connectivity index (χ1) is 18.9. The summed E-state index contributed by atoms with van der Waals surface area (Å²) in [4.78, 5) is 29.2. The Kier molecular flexibility index (Phi) is 11.0. The molecule has 0 spiro atoms. The van der Waals surface area contributed by atoms with Crippen LogP contribution in [0, 0.1) is 6.92 Å². The normalized spacial score (nSPS) is 12.8. The lowest BCUT2D eigenvalue weighted by Crippen LogP contribution is -2.54. The molecule has 214 valence electrons. The molecule has 0 saturated heterocycles. The highest BCUT2D eigenvalue weighted by Gasteiger charge is 2.33. The summed E-state index contributed by atoms with van der Waals surface area (Å²) >= 11 is 12.5. The van der Waals surface area contributed by atoms with Crippen molar-refractivity contribution in [3.05, 3.63) is 99.5 Å². The SMILES string of the molecule is CC[C@@H](C)NC(=O)[C@H](Cc1ccccc1)N(Cc1cccc(Cl)c1)C(=O)CN(c1ccc(C)c(Cl)c1)S(C)(=O)=O. The predicted octanol–water partition coefficient (Wildman–Crippen LogP) is 5.62. The largest absolute Gasteiger partial charge is 0.352 e. The van der Waals surface area contributed by atoms with Gasteiger partial charge in [-0.1, -0.05) is 78.7 Å². The third-order valence-electron chi connectivity index (χ3n) is 6.64. The van der Waals surface area contributed by atoms with Crippen molar-refractivity contribution in [3.8, 4) is 0 Å². The topological polar surface area (TPSA) is 86.8 Å². The zero-order valence-corrected chi connectivity index (χ0v) is 25.4. The van der Waals surface area contributed by atoms with Crippen molar-refractivity contribution in [2.75, 3.05) is 17.1 Å². The molecule has 10 heteroatoms. The molecule has 0 radical (unpaired) electrons. The monoisotopic (exact) mass is 603 g/mol. The molecule has 40 heavy (non-hydrogen) atoms. The van der Waals surface area contributed by atoms with E-state index in [1.54, 1.807) is 37.3 Å². The quantitative estimate of drug-likeness (QED) is 0.291. The zero-order chi connectivity index (χ0) is 29.4. The summed E-state index contributed by atoms with van der Waals surface area (Å²) in [6.07, 6.45) is 1.99. The zero-order valence-electron chi connectivity index (χ0n) is 23.1. The fourth-order valence-corrected chi connectivity index (χ4v) is 5.41. The van der Waals surface area contributed by atoms with Crippen LogP contribution in [0.25, 0.3) is 0 Å². The Bertz CT molecular complexity index is 1430. The molecule has 0 bridgehead atoms. The molecular weight excluding hydrogens is 569 g/mol. The first-order valence-electron chi connectivity index (χ1n) is 13.0. The number of anilines is 1. The van der Waals surface area contributed by atoms with Gasteiger partial charge in [-0.3, -0.25) is 13.9 Å². The van der Waals surface area contributed by atoms with Gasteiger partial charge in [-0.05, 0) is 61.2 Å². The number of amides is 2. The van der Waals surface area contributed by atoms with E-state index in [0.717, 1.165) is 21.7 Å². The van der Waals surface area contributed by atoms with Gasteiger partial charge in [0, 0.05) is 29.1 Å². The smallest absolute Gasteiger partial charge is 0.244 e. The maximum Gasteiger partial charge on any atom is 0.244 e. The van der Waals surface area contributed by atoms with Gasteiger partial charge in [0.05, 0.1) is 11.9 Å². The minimum atomic E-state index is -3.88. The van der Waals surface area contributed by atoms with E-state index in [4.69, 9.17) is 23.2 Å². The average Bonchev–Trinajstić information content (AvgIpc) is 2.90. The van der Waals surface area contributed by atoms with Gasteiger partial charge in [0.1, 0.15) is 12.6 Å². The molecule has 0 unspecified atom stereocenters. The molecule has 0 aliphatic heterocycles. The fourth-order valence-electron chi connectivity index (χ4n) is 4.18. The number of sulfonamides is 1. The first kappa shape index (κ1) is 31.5. The van der Waals surface area contributed by atoms with E-state index >= 15 is 0 Å². The summed E-state index contributed by atoms with van der Waals surface area (Å²) in [5.74, 6) is -0.861. The van der Waals surface area contributed by atoms with Crippen molar-refractivity contribution in [1.82, 2.24) is 10.2 Å². The molecule has 0 fully saturated rings. The first-order valence-corrected chi connectivity index (χ1v) is 15.6. The van der Waals surface area contributed by atoms with Gasteiger partial charge in [-0.25, -0.2) is 8.42 Å². The molecule has 3 aromatic carbocycles. The molecule has 2 atom stereocenters. The molecule has 0 saturated carbocycles. The molecule has 0 aromatic heterocycles. The highest BCUT2D eigenvalue weighted by molar-refractivity contribution is 7.92. The van der Waals surface area contributed by atoms with E-state index in [2.05, 4.69) is 5.32 Å². The van der Waals surface area contributed by atoms with Crippen LogP contribution in [0.1, 0.15) is 37.0 Å².